The normalized spacial score (nSPS) is 14.9. The fourth-order valence-corrected chi connectivity index (χ4v) is 4.36. The molecule has 5 rings (SSSR count). The number of hydrogen-bond donors (Lipinski definition) is 2. The van der Waals surface area contributed by atoms with Gasteiger partial charge in [-0.3, -0.25) is 9.89 Å². The molecule has 1 aliphatic rings. The van der Waals surface area contributed by atoms with E-state index >= 15 is 0 Å². The molecule has 0 bridgehead atoms. The number of aromatic amines is 2. The van der Waals surface area contributed by atoms with Gasteiger partial charge in [-0.15, -0.1) is 0 Å². The second-order valence-corrected chi connectivity index (χ2v) is 7.60. The van der Waals surface area contributed by atoms with Gasteiger partial charge in [-0.25, -0.2) is 4.98 Å². The van der Waals surface area contributed by atoms with Crippen molar-refractivity contribution in [3.05, 3.63) is 66.1 Å². The minimum Gasteiger partial charge on any atom is -0.497 e. The first-order valence-corrected chi connectivity index (χ1v) is 10.1. The molecule has 4 aromatic rings. The predicted molar refractivity (Wildman–Crippen MR) is 115 cm³/mol. The van der Waals surface area contributed by atoms with Gasteiger partial charge < -0.3 is 14.6 Å². The van der Waals surface area contributed by atoms with E-state index in [1.807, 2.05) is 35.2 Å². The summed E-state index contributed by atoms with van der Waals surface area (Å²) >= 11 is 0. The monoisotopic (exact) mass is 401 g/mol. The summed E-state index contributed by atoms with van der Waals surface area (Å²) < 4.78 is 5.39. The number of piperidine rings is 1. The molecule has 0 aliphatic carbocycles. The number of nitrogens with zero attached hydrogens (tertiary/aromatic N) is 3. The van der Waals surface area contributed by atoms with E-state index in [1.165, 1.54) is 17.3 Å². The molecule has 1 fully saturated rings. The number of carbonyl (C=O) groups excluding carboxylic acids is 1. The van der Waals surface area contributed by atoms with Gasteiger partial charge >= 0.3 is 0 Å². The molecule has 30 heavy (non-hydrogen) atoms. The Morgan fingerprint density at radius 1 is 1.17 bits per heavy atom. The standard InChI is InChI=1S/C23H23N5O2/c1-30-16-6-7-21-19(12-16)20(13-24-21)15-8-10-28(11-9-15)23(29)18-5-3-2-4-17(18)22-25-14-26-27-22/h2-7,12-15,24H,8-11H2,1H3,(H,25,26,27). The van der Waals surface area contributed by atoms with Crippen LogP contribution in [0.3, 0.4) is 0 Å². The average Bonchev–Trinajstić information content (AvgIpc) is 3.48. The molecule has 2 aromatic heterocycles. The first kappa shape index (κ1) is 18.4. The Kier molecular flexibility index (Phi) is 4.71. The zero-order chi connectivity index (χ0) is 20.5. The fraction of sp³-hybridized carbons (Fsp3) is 0.261. The first-order valence-electron chi connectivity index (χ1n) is 10.1. The number of likely N-dealkylation sites (tertiary alicyclic amines) is 1. The molecule has 1 saturated heterocycles. The van der Waals surface area contributed by atoms with Crippen molar-refractivity contribution in [3.63, 3.8) is 0 Å². The van der Waals surface area contributed by atoms with Crippen LogP contribution < -0.4 is 4.74 Å². The Balaban J connectivity index is 1.34. The minimum absolute atomic E-state index is 0.0426. The Hall–Kier alpha value is -3.61. The molecule has 1 aliphatic heterocycles. The van der Waals surface area contributed by atoms with E-state index in [2.05, 4.69) is 38.5 Å². The highest BCUT2D eigenvalue weighted by atomic mass is 16.5. The summed E-state index contributed by atoms with van der Waals surface area (Å²) in [7, 11) is 1.69. The molecular weight excluding hydrogens is 378 g/mol. The average molecular weight is 401 g/mol. The third-order valence-corrected chi connectivity index (χ3v) is 5.97. The quantitative estimate of drug-likeness (QED) is 0.541. The zero-order valence-corrected chi connectivity index (χ0v) is 16.8. The van der Waals surface area contributed by atoms with Crippen molar-refractivity contribution in [2.24, 2.45) is 0 Å². The number of carbonyl (C=O) groups is 1. The van der Waals surface area contributed by atoms with Crippen LogP contribution in [-0.4, -0.2) is 51.2 Å². The maximum Gasteiger partial charge on any atom is 0.254 e. The largest absolute Gasteiger partial charge is 0.497 e. The molecule has 2 aromatic carbocycles. The van der Waals surface area contributed by atoms with E-state index in [1.54, 1.807) is 7.11 Å². The number of benzene rings is 2. The van der Waals surface area contributed by atoms with Crippen molar-refractivity contribution in [2.45, 2.75) is 18.8 Å². The summed E-state index contributed by atoms with van der Waals surface area (Å²) in [4.78, 5) is 22.8. The summed E-state index contributed by atoms with van der Waals surface area (Å²) in [5.41, 5.74) is 3.86. The topological polar surface area (TPSA) is 86.9 Å². The number of methoxy groups -OCH3 is 1. The van der Waals surface area contributed by atoms with Crippen LogP contribution in [0.25, 0.3) is 22.3 Å². The molecule has 0 saturated carbocycles. The predicted octanol–water partition coefficient (Wildman–Crippen LogP) is 3.98. The van der Waals surface area contributed by atoms with Gasteiger partial charge in [0.05, 0.1) is 12.7 Å². The second-order valence-electron chi connectivity index (χ2n) is 7.60. The van der Waals surface area contributed by atoms with Crippen LogP contribution in [-0.2, 0) is 0 Å². The highest BCUT2D eigenvalue weighted by Gasteiger charge is 2.27. The van der Waals surface area contributed by atoms with E-state index in [0.29, 0.717) is 17.3 Å². The second kappa shape index (κ2) is 7.67. The number of rotatable bonds is 4. The van der Waals surface area contributed by atoms with E-state index in [9.17, 15) is 4.79 Å². The number of amides is 1. The lowest BCUT2D eigenvalue weighted by atomic mass is 9.88. The Morgan fingerprint density at radius 3 is 2.77 bits per heavy atom. The van der Waals surface area contributed by atoms with Crippen molar-refractivity contribution in [1.82, 2.24) is 25.1 Å². The summed E-state index contributed by atoms with van der Waals surface area (Å²) in [5.74, 6) is 1.93. The van der Waals surface area contributed by atoms with Gasteiger partial charge in [0.1, 0.15) is 12.1 Å². The SMILES string of the molecule is COc1ccc2[nH]cc(C3CCN(C(=O)c4ccccc4-c4ncn[nH]4)CC3)c2c1. The number of fused-ring (bicyclic) bond motifs is 1. The van der Waals surface area contributed by atoms with Gasteiger partial charge in [0.25, 0.3) is 5.91 Å². The molecule has 0 radical (unpaired) electrons. The van der Waals surface area contributed by atoms with Crippen molar-refractivity contribution in [1.29, 1.82) is 0 Å². The summed E-state index contributed by atoms with van der Waals surface area (Å²) in [6.45, 7) is 1.45. The lowest BCUT2D eigenvalue weighted by molar-refractivity contribution is 0.0714. The molecule has 7 nitrogen and oxygen atoms in total. The summed E-state index contributed by atoms with van der Waals surface area (Å²) in [6, 6.07) is 13.7. The third kappa shape index (κ3) is 3.22. The van der Waals surface area contributed by atoms with Gasteiger partial charge in [0.15, 0.2) is 5.82 Å². The summed E-state index contributed by atoms with van der Waals surface area (Å²) in [5, 5.41) is 7.98. The highest BCUT2D eigenvalue weighted by Crippen LogP contribution is 2.35. The number of ether oxygens (including phenoxy) is 1. The molecular formula is C23H23N5O2. The fourth-order valence-electron chi connectivity index (χ4n) is 4.36. The van der Waals surface area contributed by atoms with Crippen LogP contribution in [0.2, 0.25) is 0 Å². The number of nitrogens with one attached hydrogen (secondary N) is 2. The highest BCUT2D eigenvalue weighted by molar-refractivity contribution is 6.00. The molecule has 0 atom stereocenters. The Bertz CT molecular complexity index is 1170. The third-order valence-electron chi connectivity index (χ3n) is 5.97. The van der Waals surface area contributed by atoms with Crippen LogP contribution in [0.15, 0.2) is 55.0 Å². The van der Waals surface area contributed by atoms with E-state index in [0.717, 1.165) is 42.8 Å². The first-order chi connectivity index (χ1) is 14.7. The Morgan fingerprint density at radius 2 is 2.00 bits per heavy atom. The maximum absolute atomic E-state index is 13.2. The van der Waals surface area contributed by atoms with Crippen LogP contribution in [0.4, 0.5) is 0 Å². The molecule has 3 heterocycles. The van der Waals surface area contributed by atoms with E-state index < -0.39 is 0 Å². The lowest BCUT2D eigenvalue weighted by Crippen LogP contribution is -2.38. The van der Waals surface area contributed by atoms with Crippen molar-refractivity contribution in [2.75, 3.05) is 20.2 Å². The molecule has 7 heteroatoms. The minimum atomic E-state index is 0.0426. The molecule has 2 N–H and O–H groups in total. The summed E-state index contributed by atoms with van der Waals surface area (Å²) in [6.07, 6.45) is 5.42. The van der Waals surface area contributed by atoms with Crippen LogP contribution in [0.1, 0.15) is 34.7 Å². The molecule has 1 amide bonds. The smallest absolute Gasteiger partial charge is 0.254 e. The number of hydrogen-bond acceptors (Lipinski definition) is 4. The van der Waals surface area contributed by atoms with Crippen LogP contribution in [0.5, 0.6) is 5.75 Å². The molecule has 152 valence electrons. The maximum atomic E-state index is 13.2. The lowest BCUT2D eigenvalue weighted by Gasteiger charge is -2.32. The van der Waals surface area contributed by atoms with Crippen LogP contribution in [0, 0.1) is 0 Å². The Labute approximate surface area is 174 Å². The van der Waals surface area contributed by atoms with Crippen molar-refractivity contribution < 1.29 is 9.53 Å². The van der Waals surface area contributed by atoms with Gasteiger partial charge in [0, 0.05) is 35.8 Å². The van der Waals surface area contributed by atoms with Gasteiger partial charge in [-0.2, -0.15) is 5.10 Å². The number of aromatic nitrogens is 4. The van der Waals surface area contributed by atoms with Gasteiger partial charge in [-0.05, 0) is 48.6 Å². The molecule has 0 unspecified atom stereocenters. The van der Waals surface area contributed by atoms with Gasteiger partial charge in [-0.1, -0.05) is 18.2 Å². The van der Waals surface area contributed by atoms with Crippen LogP contribution >= 0.6 is 0 Å². The van der Waals surface area contributed by atoms with Gasteiger partial charge in [0.2, 0.25) is 0 Å². The molecule has 0 spiro atoms. The zero-order valence-electron chi connectivity index (χ0n) is 16.8. The van der Waals surface area contributed by atoms with Crippen molar-refractivity contribution >= 4 is 16.8 Å². The number of H-pyrrole nitrogens is 2. The van der Waals surface area contributed by atoms with E-state index in [-0.39, 0.29) is 5.91 Å². The van der Waals surface area contributed by atoms with E-state index in [4.69, 9.17) is 4.74 Å². The van der Waals surface area contributed by atoms with Crippen molar-refractivity contribution in [3.8, 4) is 17.1 Å².